The van der Waals surface area contributed by atoms with Crippen LogP contribution >= 0.6 is 0 Å². The number of anilines is 2. The fraction of sp³-hybridized carbons (Fsp3) is 0.333. The monoisotopic (exact) mass is 361 g/mol. The van der Waals surface area contributed by atoms with Gasteiger partial charge in [-0.15, -0.1) is 0 Å². The lowest BCUT2D eigenvalue weighted by molar-refractivity contribution is 0.414. The van der Waals surface area contributed by atoms with E-state index in [4.69, 9.17) is 9.88 Å². The second-order valence-corrected chi connectivity index (χ2v) is 7.65. The molecular weight excluding hydrogens is 338 g/mol. The van der Waals surface area contributed by atoms with Crippen molar-refractivity contribution in [1.82, 2.24) is 0 Å². The molecule has 0 radical (unpaired) electrons. The van der Waals surface area contributed by atoms with Crippen LogP contribution in [0.3, 0.4) is 0 Å². The highest BCUT2D eigenvalue weighted by Crippen LogP contribution is 2.41. The van der Waals surface area contributed by atoms with Gasteiger partial charge in [0.1, 0.15) is 5.75 Å². The molecule has 0 spiro atoms. The molecule has 1 heterocycles. The Kier molecular flexibility index (Phi) is 4.62. The van der Waals surface area contributed by atoms with E-state index in [-0.39, 0.29) is 11.1 Å². The van der Waals surface area contributed by atoms with Gasteiger partial charge in [0.15, 0.2) is 0 Å². The molecule has 2 aromatic rings. The zero-order valence-corrected chi connectivity index (χ0v) is 15.5. The molecule has 1 unspecified atom stereocenters. The van der Waals surface area contributed by atoms with Crippen LogP contribution in [0, 0.1) is 0 Å². The van der Waals surface area contributed by atoms with Gasteiger partial charge in [0, 0.05) is 13.1 Å². The van der Waals surface area contributed by atoms with Gasteiger partial charge < -0.3 is 14.5 Å². The summed E-state index contributed by atoms with van der Waals surface area (Å²) in [6.07, 6.45) is 0.123. The predicted molar refractivity (Wildman–Crippen MR) is 99.5 cm³/mol. The molecule has 0 saturated carbocycles. The van der Waals surface area contributed by atoms with Crippen LogP contribution < -0.4 is 19.7 Å². The molecule has 0 bridgehead atoms. The highest BCUT2D eigenvalue weighted by Gasteiger charge is 2.32. The van der Waals surface area contributed by atoms with E-state index < -0.39 is 10.0 Å². The van der Waals surface area contributed by atoms with E-state index in [0.29, 0.717) is 6.54 Å². The van der Waals surface area contributed by atoms with Gasteiger partial charge in [0.05, 0.1) is 29.5 Å². The zero-order chi connectivity index (χ0) is 18.2. The molecule has 3 rings (SSSR count). The smallest absolute Gasteiger partial charge is 0.238 e. The number of benzene rings is 2. The first-order valence-electron chi connectivity index (χ1n) is 8.18. The first-order chi connectivity index (χ1) is 11.8. The van der Waals surface area contributed by atoms with Crippen LogP contribution in [-0.2, 0) is 16.6 Å². The minimum Gasteiger partial charge on any atom is -0.497 e. The maximum absolute atomic E-state index is 11.7. The summed E-state index contributed by atoms with van der Waals surface area (Å²) < 4.78 is 28.7. The number of fused-ring (bicyclic) bond motifs is 1. The van der Waals surface area contributed by atoms with Crippen LogP contribution in [-0.4, -0.2) is 28.2 Å². The summed E-state index contributed by atoms with van der Waals surface area (Å²) in [7, 11) is -2.09. The average molecular weight is 361 g/mol. The number of nitrogens with zero attached hydrogens (tertiary/aromatic N) is 2. The Balaban J connectivity index is 1.99. The van der Waals surface area contributed by atoms with Gasteiger partial charge in [-0.05, 0) is 49.7 Å². The topological polar surface area (TPSA) is 75.9 Å². The van der Waals surface area contributed by atoms with E-state index in [0.717, 1.165) is 29.2 Å². The molecule has 1 aliphatic heterocycles. The van der Waals surface area contributed by atoms with Crippen LogP contribution in [0.25, 0.3) is 0 Å². The summed E-state index contributed by atoms with van der Waals surface area (Å²) in [6.45, 7) is 5.71. The second-order valence-electron chi connectivity index (χ2n) is 6.09. The molecule has 1 atom stereocenters. The van der Waals surface area contributed by atoms with Gasteiger partial charge in [-0.25, -0.2) is 13.6 Å². The molecule has 2 aromatic carbocycles. The second kappa shape index (κ2) is 6.57. The lowest BCUT2D eigenvalue weighted by atomic mass is 10.2. The minimum atomic E-state index is -3.73. The lowest BCUT2D eigenvalue weighted by Crippen LogP contribution is -2.40. The largest absolute Gasteiger partial charge is 0.497 e. The van der Waals surface area contributed by atoms with E-state index in [1.54, 1.807) is 19.2 Å². The van der Waals surface area contributed by atoms with E-state index in [1.807, 2.05) is 30.3 Å². The van der Waals surface area contributed by atoms with Gasteiger partial charge in [-0.2, -0.15) is 0 Å². The molecule has 2 N–H and O–H groups in total. The van der Waals surface area contributed by atoms with Crippen molar-refractivity contribution in [3.05, 3.63) is 48.0 Å². The maximum atomic E-state index is 11.7. The number of nitrogens with two attached hydrogens (primary N) is 1. The van der Waals surface area contributed by atoms with Gasteiger partial charge in [0.2, 0.25) is 10.0 Å². The fourth-order valence-corrected chi connectivity index (χ4v) is 3.84. The van der Waals surface area contributed by atoms with Crippen LogP contribution in [0.4, 0.5) is 11.4 Å². The summed E-state index contributed by atoms with van der Waals surface area (Å²) in [5.41, 5.74) is 3.03. The minimum absolute atomic E-state index is 0.123. The Morgan fingerprint density at radius 3 is 2.32 bits per heavy atom. The summed E-state index contributed by atoms with van der Waals surface area (Å²) in [5, 5.41) is 5.31. The number of methoxy groups -OCH3 is 1. The summed E-state index contributed by atoms with van der Waals surface area (Å²) in [6, 6.07) is 13.0. The fourth-order valence-electron chi connectivity index (χ4n) is 3.30. The van der Waals surface area contributed by atoms with Crippen LogP contribution in [0.1, 0.15) is 19.4 Å². The number of hydrogen-bond donors (Lipinski definition) is 1. The van der Waals surface area contributed by atoms with Crippen molar-refractivity contribution >= 4 is 21.4 Å². The number of rotatable bonds is 5. The van der Waals surface area contributed by atoms with Crippen molar-refractivity contribution in [3.8, 4) is 5.75 Å². The van der Waals surface area contributed by atoms with Crippen molar-refractivity contribution in [2.24, 2.45) is 5.14 Å². The van der Waals surface area contributed by atoms with Crippen molar-refractivity contribution in [2.45, 2.75) is 31.5 Å². The van der Waals surface area contributed by atoms with Gasteiger partial charge in [0.25, 0.3) is 0 Å². The third-order valence-electron chi connectivity index (χ3n) is 4.65. The number of ether oxygens (including phenoxy) is 1. The number of primary sulfonamides is 1. The maximum Gasteiger partial charge on any atom is 0.238 e. The van der Waals surface area contributed by atoms with Crippen molar-refractivity contribution in [2.75, 3.05) is 23.5 Å². The molecule has 0 fully saturated rings. The SMILES string of the molecule is CCN1c2ccc(S(N)(=O)=O)cc2N(Cc2ccc(OC)cc2)C1C. The predicted octanol–water partition coefficient (Wildman–Crippen LogP) is 2.54. The first-order valence-corrected chi connectivity index (χ1v) is 9.73. The molecule has 134 valence electrons. The Bertz CT molecular complexity index is 866. The standard InChI is InChI=1S/C18H23N3O3S/c1-4-20-13(2)21(12-14-5-7-15(24-3)8-6-14)18-11-16(25(19,22)23)9-10-17(18)20/h5-11,13H,4,12H2,1-3H3,(H2,19,22,23). The Hall–Kier alpha value is -2.25. The summed E-state index contributed by atoms with van der Waals surface area (Å²) in [4.78, 5) is 4.57. The summed E-state index contributed by atoms with van der Waals surface area (Å²) >= 11 is 0. The van der Waals surface area contributed by atoms with Gasteiger partial charge in [-0.1, -0.05) is 12.1 Å². The van der Waals surface area contributed by atoms with Crippen LogP contribution in [0.2, 0.25) is 0 Å². The van der Waals surface area contributed by atoms with E-state index in [9.17, 15) is 8.42 Å². The highest BCUT2D eigenvalue weighted by atomic mass is 32.2. The average Bonchev–Trinajstić information content (AvgIpc) is 2.85. The molecule has 6 nitrogen and oxygen atoms in total. The molecule has 7 heteroatoms. The number of hydrogen-bond acceptors (Lipinski definition) is 5. The van der Waals surface area contributed by atoms with Crippen molar-refractivity contribution in [3.63, 3.8) is 0 Å². The van der Waals surface area contributed by atoms with Crippen molar-refractivity contribution < 1.29 is 13.2 Å². The van der Waals surface area contributed by atoms with Gasteiger partial charge in [-0.3, -0.25) is 0 Å². The zero-order valence-electron chi connectivity index (χ0n) is 14.6. The van der Waals surface area contributed by atoms with Crippen molar-refractivity contribution in [1.29, 1.82) is 0 Å². The molecule has 25 heavy (non-hydrogen) atoms. The normalized spacial score (nSPS) is 16.9. The summed E-state index contributed by atoms with van der Waals surface area (Å²) in [5.74, 6) is 0.810. The molecule has 0 aliphatic carbocycles. The Morgan fingerprint density at radius 1 is 1.08 bits per heavy atom. The Labute approximate surface area is 148 Å². The highest BCUT2D eigenvalue weighted by molar-refractivity contribution is 7.89. The molecule has 0 saturated heterocycles. The molecular formula is C18H23N3O3S. The van der Waals surface area contributed by atoms with E-state index >= 15 is 0 Å². The number of sulfonamides is 1. The van der Waals surface area contributed by atoms with Crippen LogP contribution in [0.15, 0.2) is 47.4 Å². The molecule has 0 aromatic heterocycles. The Morgan fingerprint density at radius 2 is 1.76 bits per heavy atom. The van der Waals surface area contributed by atoms with Gasteiger partial charge >= 0.3 is 0 Å². The van der Waals surface area contributed by atoms with E-state index in [2.05, 4.69) is 23.6 Å². The third-order valence-corrected chi connectivity index (χ3v) is 5.56. The third kappa shape index (κ3) is 3.29. The lowest BCUT2D eigenvalue weighted by Gasteiger charge is -2.29. The molecule has 1 aliphatic rings. The van der Waals surface area contributed by atoms with Crippen LogP contribution in [0.5, 0.6) is 5.75 Å². The molecule has 0 amide bonds. The quantitative estimate of drug-likeness (QED) is 0.886. The first kappa shape index (κ1) is 17.6. The van der Waals surface area contributed by atoms with E-state index in [1.165, 1.54) is 0 Å².